The van der Waals surface area contributed by atoms with Gasteiger partial charge in [-0.3, -0.25) is 0 Å². The molecule has 0 aliphatic carbocycles. The largest absolute Gasteiger partial charge is 0.507 e. The molecule has 15 N–H and O–H groups in total. The number of carbonyl (C=O) groups is 1. The van der Waals surface area contributed by atoms with E-state index in [0.29, 0.717) is 5.56 Å². The van der Waals surface area contributed by atoms with Gasteiger partial charge in [-0.1, -0.05) is 19.9 Å². The minimum absolute atomic E-state index is 0.0542. The SMILES string of the molecule is CC1(COCC2(C)C(CO)OC(C)(COCC3(C)C(CO)OC(O)C(N)[C@]3(C)O)C(NCc3ccc(O)c(C(=O)O)c3)[C@]2(C)O)OC(CO)C(O)[C@@](C)(O)C1N. The Morgan fingerprint density at radius 2 is 1.36 bits per heavy atom. The van der Waals surface area contributed by atoms with Gasteiger partial charge in [0.15, 0.2) is 6.29 Å². The maximum atomic E-state index is 12.7. The Bertz CT molecular complexity index is 1530. The molecule has 0 amide bonds. The van der Waals surface area contributed by atoms with Crippen LogP contribution in [-0.4, -0.2) is 180 Å². The lowest BCUT2D eigenvalue weighted by molar-refractivity contribution is -0.320. The molecule has 0 spiro atoms. The van der Waals surface area contributed by atoms with Crippen LogP contribution in [0.3, 0.4) is 0 Å². The maximum absolute atomic E-state index is 12.7. The Labute approximate surface area is 326 Å². The second kappa shape index (κ2) is 16.5. The highest BCUT2D eigenvalue weighted by Gasteiger charge is 2.65. The lowest BCUT2D eigenvalue weighted by atomic mass is 9.61. The van der Waals surface area contributed by atoms with Crippen LogP contribution in [0.15, 0.2) is 18.2 Å². The highest BCUT2D eigenvalue weighted by molar-refractivity contribution is 5.90. The van der Waals surface area contributed by atoms with Crippen molar-refractivity contribution in [3.8, 4) is 5.75 Å². The molecular weight excluding hydrogens is 742 g/mol. The zero-order valence-electron chi connectivity index (χ0n) is 33.1. The van der Waals surface area contributed by atoms with E-state index in [2.05, 4.69) is 5.32 Å². The van der Waals surface area contributed by atoms with E-state index in [1.165, 1.54) is 39.0 Å². The summed E-state index contributed by atoms with van der Waals surface area (Å²) < 4.78 is 30.5. The molecule has 3 fully saturated rings. The van der Waals surface area contributed by atoms with Gasteiger partial charge in [-0.15, -0.1) is 0 Å². The van der Waals surface area contributed by atoms with Gasteiger partial charge in [-0.2, -0.15) is 0 Å². The predicted octanol–water partition coefficient (Wildman–Crippen LogP) is -3.13. The number of aliphatic hydroxyl groups is 8. The van der Waals surface area contributed by atoms with E-state index in [1.807, 2.05) is 0 Å². The number of carboxylic acids is 1. The average Bonchev–Trinajstić information content (AvgIpc) is 3.12. The highest BCUT2D eigenvalue weighted by Crippen LogP contribution is 2.50. The van der Waals surface area contributed by atoms with E-state index in [9.17, 15) is 55.9 Å². The quantitative estimate of drug-likeness (QED) is 0.0833. The van der Waals surface area contributed by atoms with E-state index in [-0.39, 0.29) is 38.5 Å². The van der Waals surface area contributed by atoms with Gasteiger partial charge in [0.25, 0.3) is 0 Å². The van der Waals surface area contributed by atoms with Crippen LogP contribution in [0.25, 0.3) is 0 Å². The third kappa shape index (κ3) is 7.95. The number of benzene rings is 1. The minimum atomic E-state index is -1.87. The van der Waals surface area contributed by atoms with Crippen LogP contribution in [0, 0.1) is 10.8 Å². The fourth-order valence-corrected chi connectivity index (χ4v) is 8.59. The molecule has 15 atom stereocenters. The first-order valence-electron chi connectivity index (χ1n) is 18.6. The molecule has 3 saturated heterocycles. The van der Waals surface area contributed by atoms with E-state index >= 15 is 0 Å². The molecule has 56 heavy (non-hydrogen) atoms. The van der Waals surface area contributed by atoms with Crippen molar-refractivity contribution in [1.29, 1.82) is 0 Å². The number of nitrogens with two attached hydrogens (primary N) is 2. The van der Waals surface area contributed by atoms with Crippen molar-refractivity contribution >= 4 is 5.97 Å². The van der Waals surface area contributed by atoms with Crippen LogP contribution < -0.4 is 16.8 Å². The van der Waals surface area contributed by atoms with Gasteiger partial charge in [0.2, 0.25) is 0 Å². The van der Waals surface area contributed by atoms with Crippen molar-refractivity contribution < 1.29 is 79.5 Å². The smallest absolute Gasteiger partial charge is 0.339 e. The lowest BCUT2D eigenvalue weighted by Gasteiger charge is -2.61. The fraction of sp³-hybridized carbons (Fsp3) is 0.811. The number of phenols is 1. The molecule has 0 bridgehead atoms. The number of hydrogen-bond acceptors (Lipinski definition) is 18. The molecule has 3 aliphatic heterocycles. The molecule has 0 aromatic heterocycles. The first kappa shape index (κ1) is 46.5. The van der Waals surface area contributed by atoms with E-state index in [1.54, 1.807) is 27.7 Å². The predicted molar refractivity (Wildman–Crippen MR) is 196 cm³/mol. The Morgan fingerprint density at radius 1 is 0.804 bits per heavy atom. The van der Waals surface area contributed by atoms with Crippen molar-refractivity contribution in [2.24, 2.45) is 22.3 Å². The molecule has 1 aromatic carbocycles. The number of rotatable bonds is 15. The van der Waals surface area contributed by atoms with Crippen molar-refractivity contribution in [3.63, 3.8) is 0 Å². The molecule has 19 nitrogen and oxygen atoms in total. The summed E-state index contributed by atoms with van der Waals surface area (Å²) >= 11 is 0. The molecule has 19 heteroatoms. The van der Waals surface area contributed by atoms with Crippen LogP contribution in [0.4, 0.5) is 0 Å². The van der Waals surface area contributed by atoms with Gasteiger partial charge in [-0.25, -0.2) is 4.79 Å². The Hall–Kier alpha value is -2.15. The lowest BCUT2D eigenvalue weighted by Crippen LogP contribution is -2.78. The first-order chi connectivity index (χ1) is 25.7. The van der Waals surface area contributed by atoms with Crippen LogP contribution in [0.1, 0.15) is 64.4 Å². The van der Waals surface area contributed by atoms with Crippen molar-refractivity contribution in [2.75, 3.05) is 46.2 Å². The molecule has 4 rings (SSSR count). The molecule has 0 saturated carbocycles. The van der Waals surface area contributed by atoms with Crippen molar-refractivity contribution in [2.45, 2.75) is 132 Å². The number of carboxylic acid groups (broad SMARTS) is 1. The Kier molecular flexibility index (Phi) is 13.7. The number of aromatic hydroxyl groups is 1. The summed E-state index contributed by atoms with van der Waals surface area (Å²) in [5.41, 5.74) is 1.27. The topological polar surface area (TPSA) is 330 Å². The van der Waals surface area contributed by atoms with E-state index in [0.717, 1.165) is 0 Å². The molecular formula is C37H63N3O16. The van der Waals surface area contributed by atoms with Crippen LogP contribution in [0.5, 0.6) is 5.75 Å². The van der Waals surface area contributed by atoms with Crippen LogP contribution in [-0.2, 0) is 30.2 Å². The third-order valence-electron chi connectivity index (χ3n) is 13.1. The second-order valence-electron chi connectivity index (χ2n) is 17.2. The number of hydrogen-bond donors (Lipinski definition) is 13. The summed E-state index contributed by atoms with van der Waals surface area (Å²) in [5, 5.41) is 110. The van der Waals surface area contributed by atoms with Gasteiger partial charge < -0.3 is 91.5 Å². The third-order valence-corrected chi connectivity index (χ3v) is 13.1. The molecule has 1 aromatic rings. The van der Waals surface area contributed by atoms with Gasteiger partial charge in [0, 0.05) is 17.4 Å². The summed E-state index contributed by atoms with van der Waals surface area (Å²) in [6.45, 7) is 7.58. The second-order valence-corrected chi connectivity index (χ2v) is 17.2. The number of aliphatic hydroxyl groups excluding tert-OH is 5. The molecule has 322 valence electrons. The minimum Gasteiger partial charge on any atom is -0.507 e. The molecule has 0 radical (unpaired) electrons. The highest BCUT2D eigenvalue weighted by atomic mass is 16.6. The first-order valence-corrected chi connectivity index (χ1v) is 18.6. The summed E-state index contributed by atoms with van der Waals surface area (Å²) in [4.78, 5) is 11.8. The number of nitrogens with one attached hydrogen (secondary N) is 1. The zero-order valence-corrected chi connectivity index (χ0v) is 33.1. The number of ether oxygens (including phenoxy) is 5. The van der Waals surface area contributed by atoms with E-state index in [4.69, 9.17) is 35.2 Å². The van der Waals surface area contributed by atoms with Crippen LogP contribution >= 0.6 is 0 Å². The van der Waals surface area contributed by atoms with E-state index < -0.39 is 119 Å². The molecule has 12 unspecified atom stereocenters. The maximum Gasteiger partial charge on any atom is 0.339 e. The van der Waals surface area contributed by atoms with Crippen LogP contribution in [0.2, 0.25) is 0 Å². The van der Waals surface area contributed by atoms with Gasteiger partial charge >= 0.3 is 5.97 Å². The summed E-state index contributed by atoms with van der Waals surface area (Å²) in [6.07, 6.45) is -6.48. The van der Waals surface area contributed by atoms with Crippen molar-refractivity contribution in [3.05, 3.63) is 29.3 Å². The number of aromatic carboxylic acids is 1. The summed E-state index contributed by atoms with van der Waals surface area (Å²) in [5.74, 6) is -1.79. The Balaban J connectivity index is 1.66. The van der Waals surface area contributed by atoms with Gasteiger partial charge in [0.1, 0.15) is 40.3 Å². The summed E-state index contributed by atoms with van der Waals surface area (Å²) in [6, 6.07) is 0.449. The van der Waals surface area contributed by atoms with Gasteiger partial charge in [0.05, 0.1) is 87.8 Å². The normalized spacial score (nSPS) is 45.8. The summed E-state index contributed by atoms with van der Waals surface area (Å²) in [7, 11) is 0. The standard InChI is InChI=1S/C37H63N3O16/c1-31(23(13-42)54-28(48)25(38)36(31,6)50)15-53-18-34(4)30(40-11-19-8-9-21(44)20(10-19)27(46)47)37(7,51)32(2,24(14-43)56-34)16-52-17-33(3)29(39)35(5,49)26(45)22(12-41)55-33/h8-10,22-26,28-30,40-45,48-51H,11-18,38-39H2,1-7H3,(H,46,47)/t22?,23?,24?,25?,26?,28?,29?,30?,31?,32?,33?,34?,35-,36+,37+/m1/s1. The fourth-order valence-electron chi connectivity index (χ4n) is 8.59. The zero-order chi connectivity index (χ0) is 42.4. The van der Waals surface area contributed by atoms with Gasteiger partial charge in [-0.05, 0) is 52.3 Å². The molecule has 3 heterocycles. The van der Waals surface area contributed by atoms with Crippen molar-refractivity contribution in [1.82, 2.24) is 5.32 Å². The average molecular weight is 806 g/mol. The Morgan fingerprint density at radius 3 is 1.89 bits per heavy atom. The molecule has 3 aliphatic rings. The monoisotopic (exact) mass is 805 g/mol.